The van der Waals surface area contributed by atoms with Gasteiger partial charge in [0.25, 0.3) is 0 Å². The minimum atomic E-state index is -4.76. The van der Waals surface area contributed by atoms with Gasteiger partial charge in [-0.2, -0.15) is 13.2 Å². The van der Waals surface area contributed by atoms with E-state index in [1.54, 1.807) is 24.3 Å². The summed E-state index contributed by atoms with van der Waals surface area (Å²) in [6.07, 6.45) is -3.30. The summed E-state index contributed by atoms with van der Waals surface area (Å²) < 4.78 is 39.4. The average molecular weight is 454 g/mol. The van der Waals surface area contributed by atoms with E-state index in [1.807, 2.05) is 18.2 Å². The van der Waals surface area contributed by atoms with Gasteiger partial charge >= 0.3 is 12.1 Å². The van der Waals surface area contributed by atoms with Gasteiger partial charge in [0.2, 0.25) is 0 Å². The average Bonchev–Trinajstić information content (AvgIpc) is 2.69. The Bertz CT molecular complexity index is 1070. The molecule has 3 nitrogen and oxygen atoms in total. The number of carboxylic acid groups (broad SMARTS) is 1. The van der Waals surface area contributed by atoms with E-state index >= 15 is 0 Å². The molecule has 0 bridgehead atoms. The van der Waals surface area contributed by atoms with Crippen LogP contribution in [0.3, 0.4) is 0 Å². The van der Waals surface area contributed by atoms with Crippen LogP contribution in [-0.4, -0.2) is 11.1 Å². The molecule has 0 aromatic heterocycles. The Kier molecular flexibility index (Phi) is 6.58. The standard InChI is InChI=1S/C22H16Cl2F3NO2/c23-17-11-8-14(12-18(17)24)5-4-13-6-9-15(10-7-13)28-19-3-1-2-16(22(25,26)27)20(19)21(29)30/h1-3,6-12,28H,4-5H2,(H,29,30). The zero-order chi connectivity index (χ0) is 21.9. The Labute approximate surface area is 181 Å². The monoisotopic (exact) mass is 453 g/mol. The fourth-order valence-electron chi connectivity index (χ4n) is 3.02. The molecule has 3 aromatic rings. The highest BCUT2D eigenvalue weighted by molar-refractivity contribution is 6.42. The fourth-order valence-corrected chi connectivity index (χ4v) is 3.34. The Hall–Kier alpha value is -2.70. The molecule has 0 spiro atoms. The third-order valence-corrected chi connectivity index (χ3v) is 5.24. The molecular weight excluding hydrogens is 438 g/mol. The normalized spacial score (nSPS) is 11.4. The maximum Gasteiger partial charge on any atom is 0.417 e. The Balaban J connectivity index is 1.74. The second kappa shape index (κ2) is 8.98. The van der Waals surface area contributed by atoms with Crippen molar-refractivity contribution in [3.05, 3.63) is 93.0 Å². The van der Waals surface area contributed by atoms with E-state index in [2.05, 4.69) is 5.32 Å². The van der Waals surface area contributed by atoms with E-state index in [9.17, 15) is 23.1 Å². The van der Waals surface area contributed by atoms with Gasteiger partial charge in [0.15, 0.2) is 0 Å². The molecule has 8 heteroatoms. The van der Waals surface area contributed by atoms with Crippen LogP contribution in [0.25, 0.3) is 0 Å². The second-order valence-corrected chi connectivity index (χ2v) is 7.42. The van der Waals surface area contributed by atoms with E-state index in [0.29, 0.717) is 15.7 Å². The van der Waals surface area contributed by atoms with Gasteiger partial charge in [-0.25, -0.2) is 4.79 Å². The molecule has 0 unspecified atom stereocenters. The first-order valence-electron chi connectivity index (χ1n) is 8.88. The molecule has 0 aliphatic heterocycles. The minimum Gasteiger partial charge on any atom is -0.478 e. The predicted octanol–water partition coefficient (Wildman–Crippen LogP) is 7.24. The maximum atomic E-state index is 13.1. The molecule has 0 atom stereocenters. The van der Waals surface area contributed by atoms with Crippen LogP contribution in [0, 0.1) is 0 Å². The topological polar surface area (TPSA) is 49.3 Å². The summed E-state index contributed by atoms with van der Waals surface area (Å²) in [5.41, 5.74) is 0.388. The molecule has 30 heavy (non-hydrogen) atoms. The summed E-state index contributed by atoms with van der Waals surface area (Å²) in [4.78, 5) is 11.4. The zero-order valence-corrected chi connectivity index (χ0v) is 16.9. The number of aromatic carboxylic acids is 1. The number of rotatable bonds is 6. The summed E-state index contributed by atoms with van der Waals surface area (Å²) in [6.45, 7) is 0. The van der Waals surface area contributed by atoms with Crippen molar-refractivity contribution < 1.29 is 23.1 Å². The van der Waals surface area contributed by atoms with Crippen molar-refractivity contribution in [2.24, 2.45) is 0 Å². The number of hydrogen-bond acceptors (Lipinski definition) is 2. The molecule has 0 amide bonds. The molecule has 0 aliphatic rings. The molecule has 3 aromatic carbocycles. The molecule has 2 N–H and O–H groups in total. The van der Waals surface area contributed by atoms with E-state index < -0.39 is 23.3 Å². The molecule has 3 rings (SSSR count). The zero-order valence-electron chi connectivity index (χ0n) is 15.4. The van der Waals surface area contributed by atoms with Crippen LogP contribution >= 0.6 is 23.2 Å². The largest absolute Gasteiger partial charge is 0.478 e. The lowest BCUT2D eigenvalue weighted by Gasteiger charge is -2.15. The van der Waals surface area contributed by atoms with Crippen LogP contribution in [0.15, 0.2) is 60.7 Å². The molecule has 0 aliphatic carbocycles. The SMILES string of the molecule is O=C(O)c1c(Nc2ccc(CCc3ccc(Cl)c(Cl)c3)cc2)cccc1C(F)(F)F. The molecule has 156 valence electrons. The summed E-state index contributed by atoms with van der Waals surface area (Å²) in [5, 5.41) is 13.0. The molecule has 0 heterocycles. The number of nitrogens with one attached hydrogen (secondary N) is 1. The highest BCUT2D eigenvalue weighted by Gasteiger charge is 2.36. The summed E-state index contributed by atoms with van der Waals surface area (Å²) >= 11 is 11.9. The quantitative estimate of drug-likeness (QED) is 0.413. The smallest absolute Gasteiger partial charge is 0.417 e. The molecular formula is C22H16Cl2F3NO2. The number of halogens is 5. The van der Waals surface area contributed by atoms with Gasteiger partial charge < -0.3 is 10.4 Å². The Morgan fingerprint density at radius 3 is 2.13 bits per heavy atom. The van der Waals surface area contributed by atoms with Gasteiger partial charge in [0.1, 0.15) is 0 Å². The van der Waals surface area contributed by atoms with Crippen LogP contribution in [0.1, 0.15) is 27.0 Å². The lowest BCUT2D eigenvalue weighted by molar-refractivity contribution is -0.138. The van der Waals surface area contributed by atoms with Crippen molar-refractivity contribution in [1.82, 2.24) is 0 Å². The first kappa shape index (κ1) is 22.0. The number of benzene rings is 3. The van der Waals surface area contributed by atoms with Gasteiger partial charge in [0.05, 0.1) is 26.9 Å². The first-order valence-corrected chi connectivity index (χ1v) is 9.64. The minimum absolute atomic E-state index is 0.124. The number of carbonyl (C=O) groups is 1. The predicted molar refractivity (Wildman–Crippen MR) is 112 cm³/mol. The highest BCUT2D eigenvalue weighted by Crippen LogP contribution is 2.36. The van der Waals surface area contributed by atoms with Gasteiger partial charge in [-0.15, -0.1) is 0 Å². The van der Waals surface area contributed by atoms with Crippen molar-refractivity contribution in [3.8, 4) is 0 Å². The van der Waals surface area contributed by atoms with Crippen molar-refractivity contribution >= 4 is 40.5 Å². The van der Waals surface area contributed by atoms with Crippen molar-refractivity contribution in [1.29, 1.82) is 0 Å². The molecule has 0 fully saturated rings. The Morgan fingerprint density at radius 2 is 1.53 bits per heavy atom. The third kappa shape index (κ3) is 5.26. The number of aryl methyl sites for hydroxylation is 2. The van der Waals surface area contributed by atoms with E-state index in [1.165, 1.54) is 12.1 Å². The van der Waals surface area contributed by atoms with E-state index in [-0.39, 0.29) is 5.69 Å². The number of hydrogen-bond donors (Lipinski definition) is 2. The van der Waals surface area contributed by atoms with Crippen molar-refractivity contribution in [2.75, 3.05) is 5.32 Å². The molecule has 0 radical (unpaired) electrons. The van der Waals surface area contributed by atoms with Crippen LogP contribution in [0.5, 0.6) is 0 Å². The fraction of sp³-hybridized carbons (Fsp3) is 0.136. The van der Waals surface area contributed by atoms with Crippen molar-refractivity contribution in [3.63, 3.8) is 0 Å². The summed E-state index contributed by atoms with van der Waals surface area (Å²) in [5.74, 6) is -1.65. The first-order chi connectivity index (χ1) is 14.1. The lowest BCUT2D eigenvalue weighted by atomic mass is 10.0. The van der Waals surface area contributed by atoms with Crippen LogP contribution < -0.4 is 5.32 Å². The van der Waals surface area contributed by atoms with Gasteiger partial charge in [-0.1, -0.05) is 47.5 Å². The third-order valence-electron chi connectivity index (χ3n) is 4.50. The van der Waals surface area contributed by atoms with Gasteiger partial charge in [-0.05, 0) is 60.4 Å². The maximum absolute atomic E-state index is 13.1. The van der Waals surface area contributed by atoms with Gasteiger partial charge in [-0.3, -0.25) is 0 Å². The number of anilines is 2. The van der Waals surface area contributed by atoms with Crippen LogP contribution in [0.2, 0.25) is 10.0 Å². The number of alkyl halides is 3. The summed E-state index contributed by atoms with van der Waals surface area (Å²) in [7, 11) is 0. The molecule has 0 saturated heterocycles. The Morgan fingerprint density at radius 1 is 0.900 bits per heavy atom. The van der Waals surface area contributed by atoms with Crippen molar-refractivity contribution in [2.45, 2.75) is 19.0 Å². The highest BCUT2D eigenvalue weighted by atomic mass is 35.5. The lowest BCUT2D eigenvalue weighted by Crippen LogP contribution is -2.14. The van der Waals surface area contributed by atoms with Crippen LogP contribution in [-0.2, 0) is 19.0 Å². The van der Waals surface area contributed by atoms with Crippen LogP contribution in [0.4, 0.5) is 24.5 Å². The second-order valence-electron chi connectivity index (χ2n) is 6.60. The number of carboxylic acids is 1. The van der Waals surface area contributed by atoms with E-state index in [4.69, 9.17) is 23.2 Å². The molecule has 0 saturated carbocycles. The van der Waals surface area contributed by atoms with E-state index in [0.717, 1.165) is 30.0 Å². The van der Waals surface area contributed by atoms with Gasteiger partial charge in [0, 0.05) is 5.69 Å². The summed E-state index contributed by atoms with van der Waals surface area (Å²) in [6, 6.07) is 15.7.